The molecule has 0 spiro atoms. The van der Waals surface area contributed by atoms with E-state index in [9.17, 15) is 9.59 Å². The first kappa shape index (κ1) is 15.4. The van der Waals surface area contributed by atoms with Crippen LogP contribution in [0, 0.1) is 0 Å². The highest BCUT2D eigenvalue weighted by atomic mass is 35.5. The third-order valence-corrected chi connectivity index (χ3v) is 2.65. The van der Waals surface area contributed by atoms with Gasteiger partial charge in [-0.2, -0.15) is 0 Å². The van der Waals surface area contributed by atoms with E-state index >= 15 is 0 Å². The highest BCUT2D eigenvalue weighted by molar-refractivity contribution is 7.80. The number of halogens is 1. The molecule has 7 heteroatoms. The molecule has 2 amide bonds. The predicted molar refractivity (Wildman–Crippen MR) is 77.7 cm³/mol. The molecule has 3 N–H and O–H groups in total. The number of carbonyl (C=O) groups excluding carboxylic acids is 2. The van der Waals surface area contributed by atoms with Crippen molar-refractivity contribution in [3.8, 4) is 0 Å². The Bertz CT molecular complexity index is 508. The molecule has 0 aliphatic heterocycles. The summed E-state index contributed by atoms with van der Waals surface area (Å²) in [5.74, 6) is -1.39. The lowest BCUT2D eigenvalue weighted by atomic mass is 10.2. The molecular weight excluding hydrogens is 286 g/mol. The summed E-state index contributed by atoms with van der Waals surface area (Å²) >= 11 is 10.5. The molecule has 19 heavy (non-hydrogen) atoms. The van der Waals surface area contributed by atoms with E-state index in [2.05, 4.69) is 17.5 Å². The van der Waals surface area contributed by atoms with E-state index in [1.807, 2.05) is 6.07 Å². The molecule has 1 aromatic carbocycles. The van der Waals surface area contributed by atoms with Gasteiger partial charge in [0.2, 0.25) is 0 Å². The molecule has 0 unspecified atom stereocenters. The van der Waals surface area contributed by atoms with Crippen molar-refractivity contribution in [2.75, 3.05) is 13.6 Å². The van der Waals surface area contributed by atoms with E-state index in [1.165, 1.54) is 11.9 Å². The highest BCUT2D eigenvalue weighted by Crippen LogP contribution is 2.12. The number of nitrogens with two attached hydrogens (primary N) is 1. The normalized spacial score (nSPS) is 9.79. The number of nitrogens with zero attached hydrogens (tertiary/aromatic N) is 1. The van der Waals surface area contributed by atoms with Crippen LogP contribution in [-0.4, -0.2) is 35.3 Å². The topological polar surface area (TPSA) is 75.4 Å². The van der Waals surface area contributed by atoms with Crippen molar-refractivity contribution in [3.05, 3.63) is 34.9 Å². The Morgan fingerprint density at radius 2 is 2.16 bits per heavy atom. The molecule has 102 valence electrons. The van der Waals surface area contributed by atoms with Crippen molar-refractivity contribution in [2.45, 2.75) is 6.54 Å². The molecular formula is C12H14ClN3O2S. The van der Waals surface area contributed by atoms with E-state index in [0.29, 0.717) is 11.6 Å². The molecule has 5 nitrogen and oxygen atoms in total. The molecule has 0 bridgehead atoms. The van der Waals surface area contributed by atoms with Gasteiger partial charge >= 0.3 is 11.8 Å². The van der Waals surface area contributed by atoms with Crippen LogP contribution in [0.3, 0.4) is 0 Å². The predicted octanol–water partition coefficient (Wildman–Crippen LogP) is 0.701. The summed E-state index contributed by atoms with van der Waals surface area (Å²) in [6, 6.07) is 7.07. The lowest BCUT2D eigenvalue weighted by molar-refractivity contribution is -0.145. The van der Waals surface area contributed by atoms with Gasteiger partial charge in [0.1, 0.15) is 0 Å². The Hall–Kier alpha value is -1.66. The zero-order chi connectivity index (χ0) is 14.4. The molecule has 0 heterocycles. The SMILES string of the molecule is CN(Cc1cccc(Cl)c1)C(=O)C(=O)NCC(N)=S. The van der Waals surface area contributed by atoms with Crippen molar-refractivity contribution in [1.82, 2.24) is 10.2 Å². The molecule has 0 atom stereocenters. The van der Waals surface area contributed by atoms with Crippen LogP contribution in [0.15, 0.2) is 24.3 Å². The number of nitrogens with one attached hydrogen (secondary N) is 1. The molecule has 1 aromatic rings. The molecule has 0 fully saturated rings. The van der Waals surface area contributed by atoms with Gasteiger partial charge in [-0.3, -0.25) is 9.59 Å². The minimum absolute atomic E-state index is 0.00487. The van der Waals surface area contributed by atoms with Gasteiger partial charge in [0, 0.05) is 18.6 Å². The number of amides is 2. The summed E-state index contributed by atoms with van der Waals surface area (Å²) < 4.78 is 0. The first-order valence-electron chi connectivity index (χ1n) is 5.46. The van der Waals surface area contributed by atoms with E-state index in [1.54, 1.807) is 18.2 Å². The zero-order valence-electron chi connectivity index (χ0n) is 10.4. The maximum Gasteiger partial charge on any atom is 0.311 e. The lowest BCUT2D eigenvalue weighted by Crippen LogP contribution is -2.43. The lowest BCUT2D eigenvalue weighted by Gasteiger charge is -2.16. The average molecular weight is 300 g/mol. The van der Waals surface area contributed by atoms with Crippen LogP contribution in [-0.2, 0) is 16.1 Å². The van der Waals surface area contributed by atoms with Gasteiger partial charge in [-0.05, 0) is 17.7 Å². The average Bonchev–Trinajstić information content (AvgIpc) is 2.34. The zero-order valence-corrected chi connectivity index (χ0v) is 11.9. The van der Waals surface area contributed by atoms with Crippen LogP contribution in [0.1, 0.15) is 5.56 Å². The maximum absolute atomic E-state index is 11.7. The molecule has 1 rings (SSSR count). The summed E-state index contributed by atoms with van der Waals surface area (Å²) in [7, 11) is 1.53. The van der Waals surface area contributed by atoms with E-state index in [0.717, 1.165) is 5.56 Å². The van der Waals surface area contributed by atoms with E-state index < -0.39 is 11.8 Å². The second kappa shape index (κ2) is 7.06. The third kappa shape index (κ3) is 5.23. The van der Waals surface area contributed by atoms with E-state index in [-0.39, 0.29) is 11.5 Å². The number of likely N-dealkylation sites (N-methyl/N-ethyl adjacent to an activating group) is 1. The van der Waals surface area contributed by atoms with Gasteiger partial charge in [0.05, 0.1) is 11.5 Å². The van der Waals surface area contributed by atoms with Gasteiger partial charge < -0.3 is 16.0 Å². The Labute approximate surface area is 121 Å². The van der Waals surface area contributed by atoms with Crippen LogP contribution < -0.4 is 11.1 Å². The number of carbonyl (C=O) groups is 2. The summed E-state index contributed by atoms with van der Waals surface area (Å²) in [5, 5.41) is 2.92. The van der Waals surface area contributed by atoms with Gasteiger partial charge in [-0.15, -0.1) is 0 Å². The van der Waals surface area contributed by atoms with Crippen LogP contribution in [0.4, 0.5) is 0 Å². The van der Waals surface area contributed by atoms with Gasteiger partial charge in [0.25, 0.3) is 0 Å². The van der Waals surface area contributed by atoms with E-state index in [4.69, 9.17) is 17.3 Å². The fourth-order valence-corrected chi connectivity index (χ4v) is 1.68. The summed E-state index contributed by atoms with van der Waals surface area (Å²) in [6.07, 6.45) is 0. The molecule has 0 aromatic heterocycles. The maximum atomic E-state index is 11.7. The number of hydrogen-bond acceptors (Lipinski definition) is 3. The number of thiocarbonyl (C=S) groups is 1. The fourth-order valence-electron chi connectivity index (χ4n) is 1.40. The Kier molecular flexibility index (Phi) is 5.72. The van der Waals surface area contributed by atoms with Gasteiger partial charge in [0.15, 0.2) is 0 Å². The van der Waals surface area contributed by atoms with Crippen molar-refractivity contribution >= 4 is 40.6 Å². The van der Waals surface area contributed by atoms with Crippen molar-refractivity contribution in [1.29, 1.82) is 0 Å². The summed E-state index contributed by atoms with van der Waals surface area (Å²) in [5.41, 5.74) is 6.07. The number of benzene rings is 1. The molecule has 0 aliphatic carbocycles. The molecule has 0 radical (unpaired) electrons. The second-order valence-electron chi connectivity index (χ2n) is 3.94. The Morgan fingerprint density at radius 1 is 1.47 bits per heavy atom. The first-order chi connectivity index (χ1) is 8.90. The fraction of sp³-hybridized carbons (Fsp3) is 0.250. The smallest absolute Gasteiger partial charge is 0.311 e. The van der Waals surface area contributed by atoms with Crippen LogP contribution >= 0.6 is 23.8 Å². The Morgan fingerprint density at radius 3 is 2.74 bits per heavy atom. The van der Waals surface area contributed by atoms with Gasteiger partial charge in [-0.25, -0.2) is 0 Å². The summed E-state index contributed by atoms with van der Waals surface area (Å²) in [6.45, 7) is 0.296. The molecule has 0 saturated heterocycles. The highest BCUT2D eigenvalue weighted by Gasteiger charge is 2.18. The minimum atomic E-state index is -0.739. The quantitative estimate of drug-likeness (QED) is 0.634. The van der Waals surface area contributed by atoms with Crippen LogP contribution in [0.2, 0.25) is 5.02 Å². The van der Waals surface area contributed by atoms with Crippen molar-refractivity contribution in [3.63, 3.8) is 0 Å². The first-order valence-corrected chi connectivity index (χ1v) is 6.25. The monoisotopic (exact) mass is 299 g/mol. The van der Waals surface area contributed by atoms with Crippen LogP contribution in [0.5, 0.6) is 0 Å². The van der Waals surface area contributed by atoms with Crippen molar-refractivity contribution < 1.29 is 9.59 Å². The molecule has 0 saturated carbocycles. The van der Waals surface area contributed by atoms with Gasteiger partial charge in [-0.1, -0.05) is 36.0 Å². The number of hydrogen-bond donors (Lipinski definition) is 2. The summed E-state index contributed by atoms with van der Waals surface area (Å²) in [4.78, 5) is 24.7. The third-order valence-electron chi connectivity index (χ3n) is 2.27. The minimum Gasteiger partial charge on any atom is -0.392 e. The van der Waals surface area contributed by atoms with Crippen LogP contribution in [0.25, 0.3) is 0 Å². The Balaban J connectivity index is 2.57. The standard InChI is InChI=1S/C12H14ClN3O2S/c1-16(7-8-3-2-4-9(13)5-8)12(18)11(17)15-6-10(14)19/h2-5H,6-7H2,1H3,(H2,14,19)(H,15,17). The largest absolute Gasteiger partial charge is 0.392 e. The second-order valence-corrected chi connectivity index (χ2v) is 4.90. The number of rotatable bonds is 4. The van der Waals surface area contributed by atoms with Crippen molar-refractivity contribution in [2.24, 2.45) is 5.73 Å². The molecule has 0 aliphatic rings.